The highest BCUT2D eigenvalue weighted by Crippen LogP contribution is 2.14. The van der Waals surface area contributed by atoms with Crippen LogP contribution in [-0.4, -0.2) is 36.4 Å². The van der Waals surface area contributed by atoms with Gasteiger partial charge in [0, 0.05) is 12.8 Å². The smallest absolute Gasteiger partial charge is 0.306 e. The topological polar surface area (TPSA) is 72.8 Å². The molecule has 0 fully saturated rings. The third-order valence-corrected chi connectivity index (χ3v) is 8.06. The number of hydrogen-bond donors (Lipinski definition) is 1. The SMILES string of the molecule is CCCCCC/C=C\CCCCCCCC(=O)OC(CO)COC(=O)CCCCCCCCCCCCCCCCC. The number of unbranched alkanes of at least 4 members (excludes halogenated alkanes) is 23. The lowest BCUT2D eigenvalue weighted by atomic mass is 10.0. The van der Waals surface area contributed by atoms with E-state index >= 15 is 0 Å². The Bertz CT molecular complexity index is 603. The molecule has 0 aliphatic heterocycles. The van der Waals surface area contributed by atoms with E-state index < -0.39 is 6.10 Å². The van der Waals surface area contributed by atoms with E-state index in [1.54, 1.807) is 0 Å². The summed E-state index contributed by atoms with van der Waals surface area (Å²) in [5.41, 5.74) is 0. The van der Waals surface area contributed by atoms with Crippen molar-refractivity contribution in [2.24, 2.45) is 0 Å². The molecule has 0 spiro atoms. The largest absolute Gasteiger partial charge is 0.462 e. The Morgan fingerprint density at radius 1 is 0.524 bits per heavy atom. The van der Waals surface area contributed by atoms with Crippen molar-refractivity contribution in [2.75, 3.05) is 13.2 Å². The van der Waals surface area contributed by atoms with Crippen molar-refractivity contribution in [3.8, 4) is 0 Å². The average Bonchev–Trinajstić information content (AvgIpc) is 2.99. The second-order valence-electron chi connectivity index (χ2n) is 12.3. The Balaban J connectivity index is 3.54. The first kappa shape index (κ1) is 40.6. The molecule has 0 rings (SSSR count). The molecule has 0 aromatic rings. The molecule has 0 aromatic heterocycles. The van der Waals surface area contributed by atoms with E-state index in [9.17, 15) is 14.7 Å². The fourth-order valence-electron chi connectivity index (χ4n) is 5.25. The first-order chi connectivity index (χ1) is 20.6. The van der Waals surface area contributed by atoms with Gasteiger partial charge < -0.3 is 14.6 Å². The summed E-state index contributed by atoms with van der Waals surface area (Å²) in [5, 5.41) is 9.51. The van der Waals surface area contributed by atoms with Crippen molar-refractivity contribution in [3.63, 3.8) is 0 Å². The van der Waals surface area contributed by atoms with E-state index in [0.29, 0.717) is 12.8 Å². The maximum absolute atomic E-state index is 12.1. The molecule has 248 valence electrons. The van der Waals surface area contributed by atoms with E-state index in [4.69, 9.17) is 9.47 Å². The van der Waals surface area contributed by atoms with Crippen LogP contribution in [0.15, 0.2) is 12.2 Å². The highest BCUT2D eigenvalue weighted by molar-refractivity contribution is 5.70. The van der Waals surface area contributed by atoms with Crippen LogP contribution in [0.4, 0.5) is 0 Å². The van der Waals surface area contributed by atoms with Gasteiger partial charge in [0.2, 0.25) is 0 Å². The van der Waals surface area contributed by atoms with Crippen LogP contribution in [-0.2, 0) is 19.1 Å². The number of allylic oxidation sites excluding steroid dienone is 2. The van der Waals surface area contributed by atoms with Gasteiger partial charge in [0.05, 0.1) is 6.61 Å². The number of carbonyl (C=O) groups excluding carboxylic acids is 2. The van der Waals surface area contributed by atoms with Gasteiger partial charge in [-0.1, -0.05) is 154 Å². The molecular formula is C37H70O5. The Morgan fingerprint density at radius 3 is 1.31 bits per heavy atom. The maximum atomic E-state index is 12.1. The lowest BCUT2D eigenvalue weighted by Crippen LogP contribution is -2.28. The molecule has 0 radical (unpaired) electrons. The van der Waals surface area contributed by atoms with Gasteiger partial charge in [-0.15, -0.1) is 0 Å². The molecule has 0 saturated carbocycles. The molecule has 0 bridgehead atoms. The second kappa shape index (κ2) is 34.1. The monoisotopic (exact) mass is 595 g/mol. The molecule has 42 heavy (non-hydrogen) atoms. The van der Waals surface area contributed by atoms with Crippen LogP contribution in [0.5, 0.6) is 0 Å². The normalized spacial score (nSPS) is 12.2. The molecule has 1 atom stereocenters. The predicted octanol–water partition coefficient (Wildman–Crippen LogP) is 11.0. The molecule has 5 nitrogen and oxygen atoms in total. The molecule has 0 amide bonds. The van der Waals surface area contributed by atoms with Crippen molar-refractivity contribution >= 4 is 11.9 Å². The van der Waals surface area contributed by atoms with Crippen molar-refractivity contribution < 1.29 is 24.2 Å². The van der Waals surface area contributed by atoms with E-state index in [1.807, 2.05) is 0 Å². The van der Waals surface area contributed by atoms with E-state index in [0.717, 1.165) is 44.9 Å². The maximum Gasteiger partial charge on any atom is 0.306 e. The molecule has 5 heteroatoms. The third kappa shape index (κ3) is 31.6. The van der Waals surface area contributed by atoms with Crippen molar-refractivity contribution in [2.45, 2.75) is 200 Å². The standard InChI is InChI=1S/C37H70O5/c1-3-5-7-9-11-13-15-17-18-20-21-23-25-27-29-31-36(39)41-34-35(33-38)42-37(40)32-30-28-26-24-22-19-16-14-12-10-8-6-4-2/h14,16,35,38H,3-13,15,17-34H2,1-2H3/b16-14-. The van der Waals surface area contributed by atoms with Crippen molar-refractivity contribution in [1.29, 1.82) is 0 Å². The quantitative estimate of drug-likeness (QED) is 0.0465. The lowest BCUT2D eigenvalue weighted by molar-refractivity contribution is -0.161. The third-order valence-electron chi connectivity index (χ3n) is 8.06. The van der Waals surface area contributed by atoms with Gasteiger partial charge in [0.25, 0.3) is 0 Å². The number of aliphatic hydroxyl groups is 1. The van der Waals surface area contributed by atoms with E-state index in [-0.39, 0.29) is 25.2 Å². The number of ether oxygens (including phenoxy) is 2. The average molecular weight is 595 g/mol. The summed E-state index contributed by atoms with van der Waals surface area (Å²) in [7, 11) is 0. The summed E-state index contributed by atoms with van der Waals surface area (Å²) in [4.78, 5) is 24.1. The van der Waals surface area contributed by atoms with Gasteiger partial charge in [-0.25, -0.2) is 0 Å². The Morgan fingerprint density at radius 2 is 0.881 bits per heavy atom. The predicted molar refractivity (Wildman–Crippen MR) is 178 cm³/mol. The fraction of sp³-hybridized carbons (Fsp3) is 0.892. The van der Waals surface area contributed by atoms with Crippen LogP contribution in [0.2, 0.25) is 0 Å². The highest BCUT2D eigenvalue weighted by atomic mass is 16.6. The van der Waals surface area contributed by atoms with Crippen LogP contribution in [0, 0.1) is 0 Å². The van der Waals surface area contributed by atoms with Gasteiger partial charge in [0.1, 0.15) is 6.61 Å². The minimum atomic E-state index is -0.767. The number of aliphatic hydroxyl groups excluding tert-OH is 1. The molecule has 1 N–H and O–H groups in total. The fourth-order valence-corrected chi connectivity index (χ4v) is 5.25. The number of rotatable bonds is 33. The van der Waals surface area contributed by atoms with Crippen LogP contribution >= 0.6 is 0 Å². The minimum absolute atomic E-state index is 0.0636. The summed E-state index contributed by atoms with van der Waals surface area (Å²) >= 11 is 0. The number of carbonyl (C=O) groups is 2. The van der Waals surface area contributed by atoms with Gasteiger partial charge >= 0.3 is 11.9 Å². The van der Waals surface area contributed by atoms with Crippen molar-refractivity contribution in [3.05, 3.63) is 12.2 Å². The zero-order valence-electron chi connectivity index (χ0n) is 28.0. The molecular weight excluding hydrogens is 524 g/mol. The van der Waals surface area contributed by atoms with E-state index in [1.165, 1.54) is 122 Å². The summed E-state index contributed by atoms with van der Waals surface area (Å²) in [6.07, 6.45) is 36.9. The minimum Gasteiger partial charge on any atom is -0.462 e. The summed E-state index contributed by atoms with van der Waals surface area (Å²) in [6.45, 7) is 4.12. The summed E-state index contributed by atoms with van der Waals surface area (Å²) in [6, 6.07) is 0. The zero-order chi connectivity index (χ0) is 30.8. The number of hydrogen-bond acceptors (Lipinski definition) is 5. The molecule has 0 aromatic carbocycles. The van der Waals surface area contributed by atoms with Crippen LogP contribution in [0.3, 0.4) is 0 Å². The van der Waals surface area contributed by atoms with Gasteiger partial charge in [-0.05, 0) is 38.5 Å². The van der Waals surface area contributed by atoms with Crippen molar-refractivity contribution in [1.82, 2.24) is 0 Å². The summed E-state index contributed by atoms with van der Waals surface area (Å²) < 4.78 is 10.6. The van der Waals surface area contributed by atoms with Gasteiger partial charge in [-0.3, -0.25) is 9.59 Å². The van der Waals surface area contributed by atoms with Crippen LogP contribution < -0.4 is 0 Å². The Hall–Kier alpha value is -1.36. The first-order valence-corrected chi connectivity index (χ1v) is 18.2. The number of esters is 2. The van der Waals surface area contributed by atoms with Gasteiger partial charge in [0.15, 0.2) is 6.10 Å². The Labute approximate surface area is 261 Å². The molecule has 1 unspecified atom stereocenters. The molecule has 0 heterocycles. The first-order valence-electron chi connectivity index (χ1n) is 18.2. The van der Waals surface area contributed by atoms with E-state index in [2.05, 4.69) is 26.0 Å². The zero-order valence-corrected chi connectivity index (χ0v) is 28.0. The van der Waals surface area contributed by atoms with Crippen LogP contribution in [0.25, 0.3) is 0 Å². The van der Waals surface area contributed by atoms with Gasteiger partial charge in [-0.2, -0.15) is 0 Å². The second-order valence-corrected chi connectivity index (χ2v) is 12.3. The highest BCUT2D eigenvalue weighted by Gasteiger charge is 2.16. The molecule has 0 aliphatic rings. The Kier molecular flexibility index (Phi) is 33.0. The molecule has 0 aliphatic carbocycles. The van der Waals surface area contributed by atoms with Crippen LogP contribution in [0.1, 0.15) is 194 Å². The summed E-state index contributed by atoms with van der Waals surface area (Å²) in [5.74, 6) is -0.593. The molecule has 0 saturated heterocycles. The lowest BCUT2D eigenvalue weighted by Gasteiger charge is -2.15.